The second-order valence-corrected chi connectivity index (χ2v) is 6.07. The zero-order chi connectivity index (χ0) is 19.2. The number of carbonyl (C=O) groups excluding carboxylic acids is 2. The average molecular weight is 366 g/mol. The predicted octanol–water partition coefficient (Wildman–Crippen LogP) is 3.18. The molecule has 1 N–H and O–H groups in total. The summed E-state index contributed by atoms with van der Waals surface area (Å²) in [4.78, 5) is 26.0. The first-order valence-corrected chi connectivity index (χ1v) is 8.80. The van der Waals surface area contributed by atoms with Crippen LogP contribution in [0.4, 0.5) is 11.4 Å². The van der Waals surface area contributed by atoms with E-state index in [1.54, 1.807) is 29.2 Å². The van der Waals surface area contributed by atoms with E-state index in [1.807, 2.05) is 31.2 Å². The second-order valence-electron chi connectivity index (χ2n) is 6.07. The molecule has 0 fully saturated rings. The highest BCUT2D eigenvalue weighted by molar-refractivity contribution is 6.00. The summed E-state index contributed by atoms with van der Waals surface area (Å²) in [6.45, 7) is 6.61. The largest absolute Gasteiger partial charge is 0.494 e. The lowest BCUT2D eigenvalue weighted by Crippen LogP contribution is -2.38. The Balaban J connectivity index is 1.69. The van der Waals surface area contributed by atoms with Crippen LogP contribution in [0.15, 0.2) is 55.1 Å². The van der Waals surface area contributed by atoms with E-state index in [9.17, 15) is 9.59 Å². The van der Waals surface area contributed by atoms with Crippen molar-refractivity contribution in [2.75, 3.05) is 30.0 Å². The van der Waals surface area contributed by atoms with Crippen LogP contribution in [0.1, 0.15) is 12.5 Å². The predicted molar refractivity (Wildman–Crippen MR) is 104 cm³/mol. The van der Waals surface area contributed by atoms with Crippen molar-refractivity contribution in [2.45, 2.75) is 13.3 Å². The van der Waals surface area contributed by atoms with E-state index in [1.165, 1.54) is 0 Å². The Morgan fingerprint density at radius 3 is 2.78 bits per heavy atom. The minimum absolute atomic E-state index is 0.00425. The van der Waals surface area contributed by atoms with Crippen LogP contribution in [-0.2, 0) is 16.0 Å². The summed E-state index contributed by atoms with van der Waals surface area (Å²) in [7, 11) is 0. The Labute approximate surface area is 158 Å². The van der Waals surface area contributed by atoms with Crippen LogP contribution in [0.3, 0.4) is 0 Å². The molecule has 0 saturated carbocycles. The molecule has 0 aromatic heterocycles. The lowest BCUT2D eigenvalue weighted by atomic mass is 10.1. The number of hydrogen-bond donors (Lipinski definition) is 1. The van der Waals surface area contributed by atoms with Gasteiger partial charge >= 0.3 is 0 Å². The summed E-state index contributed by atoms with van der Waals surface area (Å²) in [6.07, 6.45) is 1.90. The number of hydrogen-bond acceptors (Lipinski definition) is 4. The number of anilines is 2. The van der Waals surface area contributed by atoms with Crippen molar-refractivity contribution in [1.82, 2.24) is 0 Å². The molecule has 1 heterocycles. The Hall–Kier alpha value is -3.28. The maximum absolute atomic E-state index is 12.4. The number of rotatable bonds is 7. The van der Waals surface area contributed by atoms with Crippen molar-refractivity contribution in [3.05, 3.63) is 60.7 Å². The van der Waals surface area contributed by atoms with E-state index in [2.05, 4.69) is 11.9 Å². The van der Waals surface area contributed by atoms with Gasteiger partial charge in [-0.25, -0.2) is 0 Å². The third-order valence-corrected chi connectivity index (χ3v) is 4.10. The van der Waals surface area contributed by atoms with Crippen LogP contribution < -0.4 is 19.7 Å². The van der Waals surface area contributed by atoms with Crippen molar-refractivity contribution in [3.63, 3.8) is 0 Å². The summed E-state index contributed by atoms with van der Waals surface area (Å²) in [6, 6.07) is 12.7. The van der Waals surface area contributed by atoms with Crippen LogP contribution in [-0.4, -0.2) is 31.6 Å². The number of nitrogens with zero attached hydrogens (tertiary/aromatic N) is 1. The van der Waals surface area contributed by atoms with Crippen LogP contribution in [0, 0.1) is 0 Å². The van der Waals surface area contributed by atoms with Crippen molar-refractivity contribution in [1.29, 1.82) is 0 Å². The van der Waals surface area contributed by atoms with Gasteiger partial charge in [0.25, 0.3) is 5.91 Å². The van der Waals surface area contributed by atoms with E-state index in [4.69, 9.17) is 9.47 Å². The Kier molecular flexibility index (Phi) is 5.76. The summed E-state index contributed by atoms with van der Waals surface area (Å²) >= 11 is 0. The normalized spacial score (nSPS) is 12.8. The lowest BCUT2D eigenvalue weighted by molar-refractivity contribution is -0.121. The molecule has 1 aliphatic rings. The van der Waals surface area contributed by atoms with Crippen molar-refractivity contribution < 1.29 is 19.1 Å². The van der Waals surface area contributed by atoms with Gasteiger partial charge in [0.05, 0.1) is 18.7 Å². The van der Waals surface area contributed by atoms with Crippen molar-refractivity contribution >= 4 is 23.2 Å². The van der Waals surface area contributed by atoms with Crippen molar-refractivity contribution in [3.8, 4) is 11.5 Å². The Morgan fingerprint density at radius 1 is 1.30 bits per heavy atom. The zero-order valence-electron chi connectivity index (χ0n) is 15.2. The number of amides is 2. The molecule has 0 aliphatic carbocycles. The molecule has 6 heteroatoms. The van der Waals surface area contributed by atoms with Crippen LogP contribution in [0.5, 0.6) is 11.5 Å². The lowest BCUT2D eigenvalue weighted by Gasteiger charge is -2.28. The highest BCUT2D eigenvalue weighted by Crippen LogP contribution is 2.34. The molecule has 2 aromatic rings. The molecule has 6 nitrogen and oxygen atoms in total. The van der Waals surface area contributed by atoms with Gasteiger partial charge in [-0.2, -0.15) is 0 Å². The van der Waals surface area contributed by atoms with Gasteiger partial charge in [0.1, 0.15) is 11.5 Å². The number of fused-ring (bicyclic) bond motifs is 1. The molecule has 0 radical (unpaired) electrons. The van der Waals surface area contributed by atoms with Gasteiger partial charge in [-0.3, -0.25) is 9.59 Å². The minimum Gasteiger partial charge on any atom is -0.494 e. The molecule has 3 rings (SSSR count). The third kappa shape index (κ3) is 4.47. The zero-order valence-corrected chi connectivity index (χ0v) is 15.2. The fourth-order valence-corrected chi connectivity index (χ4v) is 2.87. The van der Waals surface area contributed by atoms with Gasteiger partial charge < -0.3 is 19.7 Å². The maximum Gasteiger partial charge on any atom is 0.265 e. The standard InChI is InChI=1S/C21H22N2O4/c1-3-11-23-18-13-16(7-10-19(18)27-14-21(23)25)22-20(24)12-15-5-8-17(9-6-15)26-4-2/h3,5-10,13H,1,4,11-12,14H2,2H3,(H,22,24). The van der Waals surface area contributed by atoms with Crippen LogP contribution in [0.25, 0.3) is 0 Å². The third-order valence-electron chi connectivity index (χ3n) is 4.10. The molecular weight excluding hydrogens is 344 g/mol. The van der Waals surface area contributed by atoms with E-state index >= 15 is 0 Å². The van der Waals surface area contributed by atoms with E-state index in [0.717, 1.165) is 11.3 Å². The van der Waals surface area contributed by atoms with E-state index in [-0.39, 0.29) is 24.8 Å². The number of nitrogens with one attached hydrogen (secondary N) is 1. The molecule has 0 spiro atoms. The SMILES string of the molecule is C=CCN1C(=O)COc2ccc(NC(=O)Cc3ccc(OCC)cc3)cc21. The van der Waals surface area contributed by atoms with Gasteiger partial charge in [-0.15, -0.1) is 6.58 Å². The van der Waals surface area contributed by atoms with E-state index < -0.39 is 0 Å². The average Bonchev–Trinajstić information content (AvgIpc) is 2.66. The van der Waals surface area contributed by atoms with Crippen LogP contribution >= 0.6 is 0 Å². The smallest absolute Gasteiger partial charge is 0.265 e. The van der Waals surface area contributed by atoms with Gasteiger partial charge in [0.2, 0.25) is 5.91 Å². The van der Waals surface area contributed by atoms with Gasteiger partial charge in [-0.05, 0) is 42.8 Å². The van der Waals surface area contributed by atoms with Gasteiger partial charge in [0, 0.05) is 12.2 Å². The molecule has 0 saturated heterocycles. The van der Waals surface area contributed by atoms with E-state index in [0.29, 0.717) is 30.3 Å². The first-order chi connectivity index (χ1) is 13.1. The molecular formula is C21H22N2O4. The molecule has 2 aromatic carbocycles. The number of benzene rings is 2. The summed E-state index contributed by atoms with van der Waals surface area (Å²) in [5.41, 5.74) is 2.13. The molecule has 140 valence electrons. The highest BCUT2D eigenvalue weighted by atomic mass is 16.5. The monoisotopic (exact) mass is 366 g/mol. The maximum atomic E-state index is 12.4. The second kappa shape index (κ2) is 8.40. The molecule has 0 unspecified atom stereocenters. The molecule has 2 amide bonds. The minimum atomic E-state index is -0.141. The van der Waals surface area contributed by atoms with Gasteiger partial charge in [0.15, 0.2) is 6.61 Å². The first kappa shape index (κ1) is 18.5. The molecule has 0 atom stereocenters. The topological polar surface area (TPSA) is 67.9 Å². The first-order valence-electron chi connectivity index (χ1n) is 8.80. The highest BCUT2D eigenvalue weighted by Gasteiger charge is 2.25. The fraction of sp³-hybridized carbons (Fsp3) is 0.238. The fourth-order valence-electron chi connectivity index (χ4n) is 2.87. The van der Waals surface area contributed by atoms with Gasteiger partial charge in [-0.1, -0.05) is 18.2 Å². The van der Waals surface area contributed by atoms with Crippen molar-refractivity contribution in [2.24, 2.45) is 0 Å². The Morgan fingerprint density at radius 2 is 2.07 bits per heavy atom. The molecule has 0 bridgehead atoms. The summed E-state index contributed by atoms with van der Waals surface area (Å²) in [5, 5.41) is 2.87. The number of ether oxygens (including phenoxy) is 2. The quantitative estimate of drug-likeness (QED) is 0.764. The van der Waals surface area contributed by atoms with Crippen LogP contribution in [0.2, 0.25) is 0 Å². The molecule has 27 heavy (non-hydrogen) atoms. The molecule has 1 aliphatic heterocycles. The Bertz CT molecular complexity index is 846. The summed E-state index contributed by atoms with van der Waals surface area (Å²) in [5.74, 6) is 1.11. The number of carbonyl (C=O) groups is 2. The summed E-state index contributed by atoms with van der Waals surface area (Å²) < 4.78 is 10.9.